The Morgan fingerprint density at radius 3 is 2.15 bits per heavy atom. The van der Waals surface area contributed by atoms with Crippen LogP contribution in [0.3, 0.4) is 0 Å². The molecule has 1 aliphatic rings. The molecule has 0 radical (unpaired) electrons. The molecule has 0 aliphatic heterocycles. The zero-order valence-corrected chi connectivity index (χ0v) is 11.8. The minimum absolute atomic E-state index is 0.283. The quantitative estimate of drug-likeness (QED) is 0.569. The van der Waals surface area contributed by atoms with Crippen LogP contribution in [0.25, 0.3) is 6.08 Å². The molecule has 2 rings (SSSR count). The second-order valence-corrected chi connectivity index (χ2v) is 5.36. The molecule has 0 N–H and O–H groups in total. The summed E-state index contributed by atoms with van der Waals surface area (Å²) in [4.78, 5) is 0. The lowest BCUT2D eigenvalue weighted by molar-refractivity contribution is 0.108. The smallest absolute Gasteiger partial charge is 0.123 e. The van der Waals surface area contributed by atoms with Crippen LogP contribution >= 0.6 is 0 Å². The van der Waals surface area contributed by atoms with Crippen LogP contribution < -0.4 is 0 Å². The Morgan fingerprint density at radius 2 is 1.65 bits per heavy atom. The molecule has 0 spiro atoms. The predicted molar refractivity (Wildman–Crippen MR) is 78.3 cm³/mol. The fourth-order valence-electron chi connectivity index (χ4n) is 2.68. The average Bonchev–Trinajstić information content (AvgIpc) is 2.51. The second kappa shape index (κ2) is 8.62. The van der Waals surface area contributed by atoms with Gasteiger partial charge in [0.25, 0.3) is 0 Å². The summed E-state index contributed by atoms with van der Waals surface area (Å²) in [6.45, 7) is 5.75. The van der Waals surface area contributed by atoms with Crippen LogP contribution in [-0.2, 0) is 0 Å². The van der Waals surface area contributed by atoms with Crippen molar-refractivity contribution in [3.05, 3.63) is 53.9 Å². The molecule has 110 valence electrons. The summed E-state index contributed by atoms with van der Waals surface area (Å²) in [7, 11) is 0. The Morgan fingerprint density at radius 1 is 1.10 bits per heavy atom. The van der Waals surface area contributed by atoms with Gasteiger partial charge in [0.1, 0.15) is 5.83 Å². The highest BCUT2D eigenvalue weighted by Crippen LogP contribution is 2.35. The molecule has 3 heteroatoms. The van der Waals surface area contributed by atoms with Crippen molar-refractivity contribution in [3.8, 4) is 0 Å². The number of benzene rings is 1. The van der Waals surface area contributed by atoms with Gasteiger partial charge in [0.05, 0.1) is 0 Å². The molecule has 0 aromatic heterocycles. The first kappa shape index (κ1) is 16.5. The first-order valence-electron chi connectivity index (χ1n) is 6.93. The Bertz CT molecular complexity index is 426. The SMILES string of the molecule is C=CC(F)=Cc1ccc(C2CCC(C)CC2)cc1.FF. The first-order valence-corrected chi connectivity index (χ1v) is 6.93. The maximum Gasteiger partial charge on any atom is 0.123 e. The van der Waals surface area contributed by atoms with E-state index in [4.69, 9.17) is 9.15 Å². The summed E-state index contributed by atoms with van der Waals surface area (Å²) < 4.78 is 29.1. The van der Waals surface area contributed by atoms with Gasteiger partial charge in [0, 0.05) is 9.15 Å². The average molecular weight is 282 g/mol. The van der Waals surface area contributed by atoms with Gasteiger partial charge in [-0.25, -0.2) is 4.39 Å². The summed E-state index contributed by atoms with van der Waals surface area (Å²) in [5, 5.41) is 0. The molecule has 0 unspecified atom stereocenters. The monoisotopic (exact) mass is 282 g/mol. The van der Waals surface area contributed by atoms with Crippen LogP contribution in [0.4, 0.5) is 13.5 Å². The summed E-state index contributed by atoms with van der Waals surface area (Å²) in [6.07, 6.45) is 7.99. The van der Waals surface area contributed by atoms with Gasteiger partial charge in [-0.2, -0.15) is 0 Å². The van der Waals surface area contributed by atoms with E-state index in [1.807, 2.05) is 12.1 Å². The summed E-state index contributed by atoms with van der Waals surface area (Å²) in [5.74, 6) is 1.29. The Labute approximate surface area is 118 Å². The van der Waals surface area contributed by atoms with Crippen molar-refractivity contribution in [2.75, 3.05) is 0 Å². The third kappa shape index (κ3) is 4.87. The topological polar surface area (TPSA) is 0 Å². The molecular formula is C17H21F3. The Hall–Kier alpha value is -1.51. The van der Waals surface area contributed by atoms with E-state index >= 15 is 0 Å². The number of rotatable bonds is 3. The maximum absolute atomic E-state index is 13.1. The van der Waals surface area contributed by atoms with Crippen molar-refractivity contribution < 1.29 is 13.5 Å². The minimum atomic E-state index is -0.283. The van der Waals surface area contributed by atoms with Gasteiger partial charge in [0.15, 0.2) is 0 Å². The minimum Gasteiger partial charge on any atom is -0.207 e. The van der Waals surface area contributed by atoms with Crippen molar-refractivity contribution in [2.45, 2.75) is 38.5 Å². The lowest BCUT2D eigenvalue weighted by Gasteiger charge is -2.26. The molecule has 0 amide bonds. The van der Waals surface area contributed by atoms with Crippen molar-refractivity contribution in [2.24, 2.45) is 5.92 Å². The fraction of sp³-hybridized carbons (Fsp3) is 0.412. The van der Waals surface area contributed by atoms with Gasteiger partial charge in [-0.1, -0.05) is 50.6 Å². The van der Waals surface area contributed by atoms with Gasteiger partial charge >= 0.3 is 0 Å². The molecule has 1 aromatic carbocycles. The summed E-state index contributed by atoms with van der Waals surface area (Å²) >= 11 is 0. The highest BCUT2D eigenvalue weighted by atomic mass is 20.0. The van der Waals surface area contributed by atoms with Crippen molar-refractivity contribution in [3.63, 3.8) is 0 Å². The van der Waals surface area contributed by atoms with E-state index in [9.17, 15) is 4.39 Å². The van der Waals surface area contributed by atoms with E-state index in [0.29, 0.717) is 5.92 Å². The molecule has 1 aliphatic carbocycles. The molecule has 1 aromatic rings. The van der Waals surface area contributed by atoms with E-state index in [1.165, 1.54) is 43.4 Å². The highest BCUT2D eigenvalue weighted by molar-refractivity contribution is 5.54. The van der Waals surface area contributed by atoms with Gasteiger partial charge in [-0.3, -0.25) is 0 Å². The van der Waals surface area contributed by atoms with Gasteiger partial charge in [0.2, 0.25) is 0 Å². The van der Waals surface area contributed by atoms with Gasteiger partial charge < -0.3 is 0 Å². The Kier molecular flexibility index (Phi) is 7.13. The number of hydrogen-bond donors (Lipinski definition) is 0. The van der Waals surface area contributed by atoms with Gasteiger partial charge in [-0.15, -0.1) is 0 Å². The molecule has 0 nitrogen and oxygen atoms in total. The number of halogens is 3. The largest absolute Gasteiger partial charge is 0.207 e. The zero-order valence-electron chi connectivity index (χ0n) is 11.8. The Balaban J connectivity index is 0.000000956. The molecular weight excluding hydrogens is 261 g/mol. The standard InChI is InChI=1S/C17H21F.F2/c1-3-17(18)12-14-6-10-16(11-7-14)15-8-4-13(2)5-9-15;1-2/h3,6-7,10-13,15H,1,4-5,8-9H2,2H3;. The molecule has 0 bridgehead atoms. The lowest BCUT2D eigenvalue weighted by Crippen LogP contribution is -2.10. The van der Waals surface area contributed by atoms with Crippen LogP contribution in [0, 0.1) is 5.92 Å². The van der Waals surface area contributed by atoms with E-state index in [0.717, 1.165) is 11.5 Å². The van der Waals surface area contributed by atoms with Crippen LogP contribution in [0.5, 0.6) is 0 Å². The summed E-state index contributed by atoms with van der Waals surface area (Å²) in [6, 6.07) is 8.28. The normalized spacial score (nSPS) is 22.7. The molecule has 1 saturated carbocycles. The highest BCUT2D eigenvalue weighted by Gasteiger charge is 2.19. The van der Waals surface area contributed by atoms with Crippen LogP contribution in [0.1, 0.15) is 49.7 Å². The lowest BCUT2D eigenvalue weighted by atomic mass is 9.79. The third-order valence-corrected chi connectivity index (χ3v) is 3.92. The van der Waals surface area contributed by atoms with Crippen molar-refractivity contribution >= 4 is 6.08 Å². The van der Waals surface area contributed by atoms with Crippen LogP contribution in [-0.4, -0.2) is 0 Å². The molecule has 1 fully saturated rings. The van der Waals surface area contributed by atoms with Crippen molar-refractivity contribution in [1.82, 2.24) is 0 Å². The first-order chi connectivity index (χ1) is 9.69. The van der Waals surface area contributed by atoms with E-state index in [1.54, 1.807) is 0 Å². The zero-order chi connectivity index (χ0) is 15.0. The second-order valence-electron chi connectivity index (χ2n) is 5.36. The molecule has 0 atom stereocenters. The van der Waals surface area contributed by atoms with E-state index in [2.05, 4.69) is 25.6 Å². The molecule has 0 saturated heterocycles. The number of hydrogen-bond acceptors (Lipinski definition) is 0. The van der Waals surface area contributed by atoms with Gasteiger partial charge in [-0.05, 0) is 48.0 Å². The molecule has 0 heterocycles. The third-order valence-electron chi connectivity index (χ3n) is 3.92. The summed E-state index contributed by atoms with van der Waals surface area (Å²) in [5.41, 5.74) is 2.30. The van der Waals surface area contributed by atoms with E-state index < -0.39 is 0 Å². The van der Waals surface area contributed by atoms with Crippen LogP contribution in [0.15, 0.2) is 42.7 Å². The number of allylic oxidation sites excluding steroid dienone is 2. The van der Waals surface area contributed by atoms with Crippen molar-refractivity contribution in [1.29, 1.82) is 0 Å². The maximum atomic E-state index is 13.1. The van der Waals surface area contributed by atoms with E-state index in [-0.39, 0.29) is 5.83 Å². The fourth-order valence-corrected chi connectivity index (χ4v) is 2.68. The van der Waals surface area contributed by atoms with Crippen LogP contribution in [0.2, 0.25) is 0 Å². The molecule has 20 heavy (non-hydrogen) atoms. The predicted octanol–water partition coefficient (Wildman–Crippen LogP) is 6.32.